The minimum Gasteiger partial charge on any atom is -0.359 e. The maximum Gasteiger partial charge on any atom is 0.227 e. The van der Waals surface area contributed by atoms with Gasteiger partial charge in [-0.05, 0) is 38.0 Å². The standard InChI is InChI=1S/C18H20N10O/c1-11-22-23-15-3-4-16(25-27(11)15)28-18(21-14(24-28)10-17(29)19-2)12-6-8-26-13(9-12)5-7-20-26/h3-5,7,12H,6,8-10H2,1-2H3,(H,19,29). The van der Waals surface area contributed by atoms with Crippen LogP contribution in [-0.4, -0.2) is 57.3 Å². The molecule has 5 rings (SSSR count). The van der Waals surface area contributed by atoms with Crippen LogP contribution in [0.15, 0.2) is 24.4 Å². The van der Waals surface area contributed by atoms with Crippen LogP contribution in [0.1, 0.15) is 35.5 Å². The fraction of sp³-hybridized carbons (Fsp3) is 0.389. The predicted octanol–water partition coefficient (Wildman–Crippen LogP) is 0.228. The Morgan fingerprint density at radius 3 is 3.00 bits per heavy atom. The number of aryl methyl sites for hydroxylation is 2. The number of nitrogens with zero attached hydrogens (tertiary/aromatic N) is 9. The van der Waals surface area contributed by atoms with Crippen molar-refractivity contribution in [2.75, 3.05) is 7.05 Å². The first-order valence-corrected chi connectivity index (χ1v) is 9.49. The molecule has 0 spiro atoms. The quantitative estimate of drug-likeness (QED) is 0.528. The highest BCUT2D eigenvalue weighted by Gasteiger charge is 2.27. The molecule has 0 aromatic carbocycles. The van der Waals surface area contributed by atoms with Gasteiger partial charge in [-0.25, -0.2) is 4.98 Å². The number of aromatic nitrogens is 9. The van der Waals surface area contributed by atoms with Crippen LogP contribution in [0.2, 0.25) is 0 Å². The van der Waals surface area contributed by atoms with E-state index in [9.17, 15) is 4.79 Å². The van der Waals surface area contributed by atoms with E-state index in [1.54, 1.807) is 16.2 Å². The molecule has 1 aliphatic rings. The summed E-state index contributed by atoms with van der Waals surface area (Å²) in [6.07, 6.45) is 3.64. The first-order valence-electron chi connectivity index (χ1n) is 9.49. The van der Waals surface area contributed by atoms with Crippen molar-refractivity contribution in [2.24, 2.45) is 0 Å². The van der Waals surface area contributed by atoms with Crippen LogP contribution >= 0.6 is 0 Å². The van der Waals surface area contributed by atoms with Gasteiger partial charge in [-0.3, -0.25) is 9.48 Å². The van der Waals surface area contributed by atoms with E-state index in [-0.39, 0.29) is 18.2 Å². The molecule has 11 heteroatoms. The van der Waals surface area contributed by atoms with Gasteiger partial charge in [0.1, 0.15) is 5.82 Å². The predicted molar refractivity (Wildman–Crippen MR) is 101 cm³/mol. The van der Waals surface area contributed by atoms with Crippen LogP contribution in [0.4, 0.5) is 0 Å². The van der Waals surface area contributed by atoms with Gasteiger partial charge in [0, 0.05) is 31.4 Å². The van der Waals surface area contributed by atoms with Crippen LogP contribution in [0, 0.1) is 6.92 Å². The highest BCUT2D eigenvalue weighted by Crippen LogP contribution is 2.29. The van der Waals surface area contributed by atoms with E-state index in [0.717, 1.165) is 25.2 Å². The summed E-state index contributed by atoms with van der Waals surface area (Å²) in [5.74, 6) is 2.61. The smallest absolute Gasteiger partial charge is 0.227 e. The lowest BCUT2D eigenvalue weighted by Crippen LogP contribution is -2.21. The highest BCUT2D eigenvalue weighted by molar-refractivity contribution is 5.77. The Hall–Kier alpha value is -3.63. The van der Waals surface area contributed by atoms with Crippen LogP contribution in [0.25, 0.3) is 11.5 Å². The Bertz CT molecular complexity index is 1200. The van der Waals surface area contributed by atoms with Crippen LogP contribution in [0.5, 0.6) is 0 Å². The Labute approximate surface area is 165 Å². The van der Waals surface area contributed by atoms with Crippen molar-refractivity contribution >= 4 is 11.6 Å². The second-order valence-corrected chi connectivity index (χ2v) is 7.09. The molecule has 1 amide bonds. The molecule has 0 fully saturated rings. The number of carbonyl (C=O) groups excluding carboxylic acids is 1. The number of carbonyl (C=O) groups is 1. The molecule has 0 saturated heterocycles. The van der Waals surface area contributed by atoms with Crippen molar-refractivity contribution < 1.29 is 4.79 Å². The van der Waals surface area contributed by atoms with Gasteiger partial charge < -0.3 is 5.32 Å². The average molecular weight is 392 g/mol. The molecule has 1 N–H and O–H groups in total. The molecule has 5 heterocycles. The molecule has 0 radical (unpaired) electrons. The summed E-state index contributed by atoms with van der Waals surface area (Å²) in [5.41, 5.74) is 1.83. The van der Waals surface area contributed by atoms with Crippen molar-refractivity contribution in [3.8, 4) is 5.82 Å². The molecule has 0 saturated carbocycles. The van der Waals surface area contributed by atoms with Gasteiger partial charge in [0.15, 0.2) is 23.1 Å². The van der Waals surface area contributed by atoms with Gasteiger partial charge in [-0.2, -0.15) is 14.3 Å². The molecule has 4 aromatic rings. The lowest BCUT2D eigenvalue weighted by atomic mass is 9.95. The van der Waals surface area contributed by atoms with E-state index in [1.807, 2.05) is 36.0 Å². The first-order chi connectivity index (χ1) is 14.1. The maximum absolute atomic E-state index is 11.9. The zero-order chi connectivity index (χ0) is 20.0. The van der Waals surface area contributed by atoms with Gasteiger partial charge in [0.05, 0.1) is 6.42 Å². The van der Waals surface area contributed by atoms with Crippen LogP contribution in [-0.2, 0) is 24.2 Å². The van der Waals surface area contributed by atoms with Crippen molar-refractivity contribution in [1.29, 1.82) is 0 Å². The Balaban J connectivity index is 1.58. The van der Waals surface area contributed by atoms with Crippen LogP contribution < -0.4 is 5.32 Å². The fourth-order valence-electron chi connectivity index (χ4n) is 3.70. The molecule has 148 valence electrons. The monoisotopic (exact) mass is 392 g/mol. The van der Waals surface area contributed by atoms with Gasteiger partial charge in [-0.15, -0.1) is 20.4 Å². The summed E-state index contributed by atoms with van der Waals surface area (Å²) >= 11 is 0. The van der Waals surface area contributed by atoms with Crippen molar-refractivity contribution in [3.05, 3.63) is 47.6 Å². The number of hydrogen-bond donors (Lipinski definition) is 1. The van der Waals surface area contributed by atoms with E-state index in [0.29, 0.717) is 23.1 Å². The van der Waals surface area contributed by atoms with E-state index < -0.39 is 0 Å². The number of hydrogen-bond acceptors (Lipinski definition) is 7. The Morgan fingerprint density at radius 2 is 2.14 bits per heavy atom. The normalized spacial score (nSPS) is 16.1. The summed E-state index contributed by atoms with van der Waals surface area (Å²) in [6, 6.07) is 5.73. The molecule has 11 nitrogen and oxygen atoms in total. The number of likely N-dealkylation sites (N-methyl/N-ethyl adjacent to an activating group) is 1. The third-order valence-electron chi connectivity index (χ3n) is 5.21. The second-order valence-electron chi connectivity index (χ2n) is 7.09. The van der Waals surface area contributed by atoms with E-state index in [1.165, 1.54) is 5.69 Å². The SMILES string of the molecule is CNC(=O)Cc1nc(C2CCn3nccc3C2)n(-c2ccc3nnc(C)n3n2)n1. The molecule has 1 unspecified atom stereocenters. The first kappa shape index (κ1) is 17.5. The van der Waals surface area contributed by atoms with Gasteiger partial charge in [0.25, 0.3) is 0 Å². The minimum absolute atomic E-state index is 0.120. The van der Waals surface area contributed by atoms with Gasteiger partial charge >= 0.3 is 0 Å². The average Bonchev–Trinajstić information content (AvgIpc) is 3.45. The minimum atomic E-state index is -0.131. The molecule has 29 heavy (non-hydrogen) atoms. The Morgan fingerprint density at radius 1 is 1.24 bits per heavy atom. The summed E-state index contributed by atoms with van der Waals surface area (Å²) in [6.45, 7) is 2.67. The van der Waals surface area contributed by atoms with E-state index in [2.05, 4.69) is 30.8 Å². The van der Waals surface area contributed by atoms with Gasteiger partial charge in [0.2, 0.25) is 5.91 Å². The molecule has 1 atom stereocenters. The third kappa shape index (κ3) is 3.04. The summed E-state index contributed by atoms with van der Waals surface area (Å²) in [5, 5.41) is 24.4. The zero-order valence-electron chi connectivity index (χ0n) is 16.1. The second kappa shape index (κ2) is 6.76. The molecule has 4 aromatic heterocycles. The molecular formula is C18H20N10O. The van der Waals surface area contributed by atoms with Gasteiger partial charge in [-0.1, -0.05) is 0 Å². The molecule has 0 bridgehead atoms. The zero-order valence-corrected chi connectivity index (χ0v) is 16.1. The third-order valence-corrected chi connectivity index (χ3v) is 5.21. The lowest BCUT2D eigenvalue weighted by Gasteiger charge is -2.22. The molecule has 0 aliphatic carbocycles. The van der Waals surface area contributed by atoms with Crippen molar-refractivity contribution in [1.82, 2.24) is 49.7 Å². The lowest BCUT2D eigenvalue weighted by molar-refractivity contribution is -0.120. The summed E-state index contributed by atoms with van der Waals surface area (Å²) in [4.78, 5) is 16.6. The van der Waals surface area contributed by atoms with E-state index in [4.69, 9.17) is 4.98 Å². The van der Waals surface area contributed by atoms with Crippen molar-refractivity contribution in [3.63, 3.8) is 0 Å². The highest BCUT2D eigenvalue weighted by atomic mass is 16.1. The van der Waals surface area contributed by atoms with Crippen LogP contribution in [0.3, 0.4) is 0 Å². The topological polar surface area (TPSA) is 121 Å². The number of amides is 1. The molecule has 1 aliphatic heterocycles. The number of rotatable bonds is 4. The summed E-state index contributed by atoms with van der Waals surface area (Å²) < 4.78 is 5.44. The van der Waals surface area contributed by atoms with E-state index >= 15 is 0 Å². The molecular weight excluding hydrogens is 372 g/mol. The van der Waals surface area contributed by atoms with Crippen molar-refractivity contribution in [2.45, 2.75) is 38.6 Å². The maximum atomic E-state index is 11.9. The largest absolute Gasteiger partial charge is 0.359 e. The number of fused-ring (bicyclic) bond motifs is 2. The summed E-state index contributed by atoms with van der Waals surface area (Å²) in [7, 11) is 1.60. The Kier molecular flexibility index (Phi) is 4.07. The number of nitrogens with one attached hydrogen (secondary N) is 1. The fourth-order valence-corrected chi connectivity index (χ4v) is 3.70.